The Bertz CT molecular complexity index is 1230. The van der Waals surface area contributed by atoms with Gasteiger partial charge in [0.2, 0.25) is 5.91 Å². The first-order valence-corrected chi connectivity index (χ1v) is 11.9. The number of benzene rings is 3. The fourth-order valence-electron chi connectivity index (χ4n) is 3.49. The summed E-state index contributed by atoms with van der Waals surface area (Å²) in [5, 5.41) is 11.9. The molecule has 0 radical (unpaired) electrons. The summed E-state index contributed by atoms with van der Waals surface area (Å²) in [6.07, 6.45) is 1.76. The van der Waals surface area contributed by atoms with Gasteiger partial charge in [-0.3, -0.25) is 9.36 Å². The predicted octanol–water partition coefficient (Wildman–Crippen LogP) is 4.92. The number of ether oxygens (including phenoxy) is 1. The van der Waals surface area contributed by atoms with Crippen molar-refractivity contribution in [1.29, 1.82) is 0 Å². The molecule has 1 aromatic heterocycles. The van der Waals surface area contributed by atoms with E-state index in [2.05, 4.69) is 27.6 Å². The van der Waals surface area contributed by atoms with Crippen molar-refractivity contribution in [2.24, 2.45) is 0 Å². The number of para-hydroxylation sites is 1. The largest absolute Gasteiger partial charge is 0.497 e. The SMILES string of the molecule is COc1ccc(-c2nnc(SCC(=O)NCCCc3ccccc3)n2-c2ccccc2F)cc1. The second-order valence-corrected chi connectivity index (χ2v) is 8.49. The van der Waals surface area contributed by atoms with Crippen molar-refractivity contribution in [3.8, 4) is 22.8 Å². The average Bonchev–Trinajstić information content (AvgIpc) is 3.30. The molecule has 4 aromatic rings. The van der Waals surface area contributed by atoms with E-state index in [0.717, 1.165) is 18.4 Å². The lowest BCUT2D eigenvalue weighted by Gasteiger charge is -2.11. The van der Waals surface area contributed by atoms with Gasteiger partial charge in [0, 0.05) is 12.1 Å². The third-order valence-electron chi connectivity index (χ3n) is 5.21. The number of halogens is 1. The maximum atomic E-state index is 14.7. The predicted molar refractivity (Wildman–Crippen MR) is 132 cm³/mol. The molecule has 0 bridgehead atoms. The monoisotopic (exact) mass is 476 g/mol. The Morgan fingerprint density at radius 2 is 1.74 bits per heavy atom. The summed E-state index contributed by atoms with van der Waals surface area (Å²) in [5.74, 6) is 0.842. The number of thioether (sulfide) groups is 1. The second kappa shape index (κ2) is 11.5. The van der Waals surface area contributed by atoms with Gasteiger partial charge in [0.15, 0.2) is 11.0 Å². The van der Waals surface area contributed by atoms with Gasteiger partial charge in [-0.05, 0) is 54.8 Å². The number of carbonyl (C=O) groups excluding carboxylic acids is 1. The molecule has 8 heteroatoms. The van der Waals surface area contributed by atoms with Gasteiger partial charge >= 0.3 is 0 Å². The van der Waals surface area contributed by atoms with E-state index in [1.165, 1.54) is 23.4 Å². The zero-order chi connectivity index (χ0) is 23.8. The Labute approximate surface area is 202 Å². The van der Waals surface area contributed by atoms with E-state index in [-0.39, 0.29) is 11.7 Å². The Hall–Kier alpha value is -3.65. The Morgan fingerprint density at radius 3 is 2.47 bits per heavy atom. The number of aromatic nitrogens is 3. The molecule has 0 fully saturated rings. The number of aryl methyl sites for hydroxylation is 1. The van der Waals surface area contributed by atoms with Gasteiger partial charge < -0.3 is 10.1 Å². The van der Waals surface area contributed by atoms with Crippen LogP contribution in [0.1, 0.15) is 12.0 Å². The molecule has 0 aliphatic rings. The van der Waals surface area contributed by atoms with E-state index in [1.807, 2.05) is 42.5 Å². The van der Waals surface area contributed by atoms with E-state index in [0.29, 0.717) is 29.0 Å². The molecule has 0 saturated heterocycles. The molecule has 0 aliphatic carbocycles. The van der Waals surface area contributed by atoms with Crippen molar-refractivity contribution in [1.82, 2.24) is 20.1 Å². The zero-order valence-corrected chi connectivity index (χ0v) is 19.6. The molecule has 6 nitrogen and oxygen atoms in total. The van der Waals surface area contributed by atoms with Crippen molar-refractivity contribution in [3.05, 3.63) is 90.2 Å². The molecule has 0 spiro atoms. The van der Waals surface area contributed by atoms with Gasteiger partial charge in [0.25, 0.3) is 0 Å². The van der Waals surface area contributed by atoms with E-state index < -0.39 is 5.82 Å². The van der Waals surface area contributed by atoms with Crippen molar-refractivity contribution >= 4 is 17.7 Å². The van der Waals surface area contributed by atoms with Gasteiger partial charge in [-0.25, -0.2) is 4.39 Å². The van der Waals surface area contributed by atoms with Crippen molar-refractivity contribution in [2.75, 3.05) is 19.4 Å². The normalized spacial score (nSPS) is 10.8. The lowest BCUT2D eigenvalue weighted by molar-refractivity contribution is -0.118. The first-order valence-electron chi connectivity index (χ1n) is 10.9. The van der Waals surface area contributed by atoms with Gasteiger partial charge in [-0.1, -0.05) is 54.2 Å². The zero-order valence-electron chi connectivity index (χ0n) is 18.8. The van der Waals surface area contributed by atoms with Crippen molar-refractivity contribution in [2.45, 2.75) is 18.0 Å². The molecule has 3 aromatic carbocycles. The fraction of sp³-hybridized carbons (Fsp3) is 0.192. The fourth-order valence-corrected chi connectivity index (χ4v) is 4.26. The Kier molecular flexibility index (Phi) is 7.93. The molecule has 0 aliphatic heterocycles. The summed E-state index contributed by atoms with van der Waals surface area (Å²) in [4.78, 5) is 12.4. The molecule has 1 heterocycles. The Balaban J connectivity index is 1.45. The number of carbonyl (C=O) groups is 1. The highest BCUT2D eigenvalue weighted by Crippen LogP contribution is 2.30. The van der Waals surface area contributed by atoms with Gasteiger partial charge in [-0.2, -0.15) is 0 Å². The summed E-state index contributed by atoms with van der Waals surface area (Å²) in [6.45, 7) is 0.589. The number of amides is 1. The van der Waals surface area contributed by atoms with Crippen LogP contribution in [0.2, 0.25) is 0 Å². The van der Waals surface area contributed by atoms with Crippen molar-refractivity contribution in [3.63, 3.8) is 0 Å². The maximum Gasteiger partial charge on any atom is 0.230 e. The smallest absolute Gasteiger partial charge is 0.230 e. The summed E-state index contributed by atoms with van der Waals surface area (Å²) in [5.41, 5.74) is 2.33. The van der Waals surface area contributed by atoms with Crippen LogP contribution in [0.25, 0.3) is 17.1 Å². The number of methoxy groups -OCH3 is 1. The highest BCUT2D eigenvalue weighted by atomic mass is 32.2. The molecule has 1 amide bonds. The van der Waals surface area contributed by atoms with Crippen LogP contribution in [0, 0.1) is 5.82 Å². The van der Waals surface area contributed by atoms with Crippen LogP contribution in [0.3, 0.4) is 0 Å². The number of nitrogens with zero attached hydrogens (tertiary/aromatic N) is 3. The number of rotatable bonds is 10. The average molecular weight is 477 g/mol. The van der Waals surface area contributed by atoms with Crippen LogP contribution in [-0.2, 0) is 11.2 Å². The van der Waals surface area contributed by atoms with E-state index in [4.69, 9.17) is 4.74 Å². The summed E-state index contributed by atoms with van der Waals surface area (Å²) in [6, 6.07) is 23.9. The molecule has 0 saturated carbocycles. The number of hydrogen-bond donors (Lipinski definition) is 1. The third kappa shape index (κ3) is 5.82. The molecule has 174 valence electrons. The quantitative estimate of drug-likeness (QED) is 0.260. The van der Waals surface area contributed by atoms with E-state index >= 15 is 0 Å². The minimum Gasteiger partial charge on any atom is -0.497 e. The van der Waals surface area contributed by atoms with Gasteiger partial charge in [-0.15, -0.1) is 10.2 Å². The molecule has 1 N–H and O–H groups in total. The molecular weight excluding hydrogens is 451 g/mol. The van der Waals surface area contributed by atoms with Gasteiger partial charge in [0.1, 0.15) is 11.6 Å². The Morgan fingerprint density at radius 1 is 1.00 bits per heavy atom. The third-order valence-corrected chi connectivity index (χ3v) is 6.14. The minimum atomic E-state index is -0.399. The standard InChI is InChI=1S/C26H25FN4O2S/c1-33-21-15-13-20(14-16-21)25-29-30-26(31(25)23-12-6-5-11-22(23)27)34-18-24(32)28-17-7-10-19-8-3-2-4-9-19/h2-6,8-9,11-16H,7,10,17-18H2,1H3,(H,28,32). The van der Waals surface area contributed by atoms with Crippen molar-refractivity contribution < 1.29 is 13.9 Å². The topological polar surface area (TPSA) is 69.0 Å². The lowest BCUT2D eigenvalue weighted by Crippen LogP contribution is -2.26. The molecule has 4 rings (SSSR count). The summed E-state index contributed by atoms with van der Waals surface area (Å²) in [7, 11) is 1.60. The first kappa shape index (κ1) is 23.5. The molecule has 0 atom stereocenters. The second-order valence-electron chi connectivity index (χ2n) is 7.55. The minimum absolute atomic E-state index is 0.104. The lowest BCUT2D eigenvalue weighted by atomic mass is 10.1. The van der Waals surface area contributed by atoms with E-state index in [9.17, 15) is 9.18 Å². The number of nitrogens with one attached hydrogen (secondary N) is 1. The van der Waals surface area contributed by atoms with Crippen LogP contribution in [0.5, 0.6) is 5.75 Å². The highest BCUT2D eigenvalue weighted by molar-refractivity contribution is 7.99. The van der Waals surface area contributed by atoms with Crippen LogP contribution in [0.15, 0.2) is 84.0 Å². The number of hydrogen-bond acceptors (Lipinski definition) is 5. The van der Waals surface area contributed by atoms with Crippen LogP contribution < -0.4 is 10.1 Å². The maximum absolute atomic E-state index is 14.7. The molecular formula is C26H25FN4O2S. The summed E-state index contributed by atoms with van der Waals surface area (Å²) < 4.78 is 21.6. The van der Waals surface area contributed by atoms with Crippen LogP contribution >= 0.6 is 11.8 Å². The van der Waals surface area contributed by atoms with E-state index in [1.54, 1.807) is 29.9 Å². The van der Waals surface area contributed by atoms with Crippen LogP contribution in [-0.4, -0.2) is 40.1 Å². The summed E-state index contributed by atoms with van der Waals surface area (Å²) >= 11 is 1.22. The van der Waals surface area contributed by atoms with Gasteiger partial charge in [0.05, 0.1) is 18.6 Å². The molecule has 34 heavy (non-hydrogen) atoms. The molecule has 0 unspecified atom stereocenters. The first-order chi connectivity index (χ1) is 16.7. The highest BCUT2D eigenvalue weighted by Gasteiger charge is 2.19. The van der Waals surface area contributed by atoms with Crippen LogP contribution in [0.4, 0.5) is 4.39 Å².